The summed E-state index contributed by atoms with van der Waals surface area (Å²) < 4.78 is 9.54. The number of nitrogens with zero attached hydrogens (tertiary/aromatic N) is 3. The summed E-state index contributed by atoms with van der Waals surface area (Å²) in [5.74, 6) is 0.833. The lowest BCUT2D eigenvalue weighted by Crippen LogP contribution is -2.48. The first-order valence-corrected chi connectivity index (χ1v) is 6.71. The van der Waals surface area contributed by atoms with Crippen LogP contribution < -0.4 is 5.32 Å². The van der Waals surface area contributed by atoms with Crippen molar-refractivity contribution in [3.63, 3.8) is 0 Å². The Morgan fingerprint density at radius 1 is 1.41 bits per heavy atom. The summed E-state index contributed by atoms with van der Waals surface area (Å²) in [5, 5.41) is 4.35. The zero-order chi connectivity index (χ0) is 12.3. The third-order valence-electron chi connectivity index (χ3n) is 2.70. The molecule has 1 fully saturated rings. The molecule has 96 valence electrons. The Kier molecular flexibility index (Phi) is 3.96. The van der Waals surface area contributed by atoms with E-state index in [1.165, 1.54) is 11.5 Å². The van der Waals surface area contributed by atoms with Gasteiger partial charge in [0, 0.05) is 36.7 Å². The fourth-order valence-corrected chi connectivity index (χ4v) is 2.75. The number of ether oxygens (including phenoxy) is 1. The normalized spacial score (nSPS) is 18.3. The van der Waals surface area contributed by atoms with E-state index in [0.29, 0.717) is 0 Å². The smallest absolute Gasteiger partial charge is 0.203 e. The number of anilines is 1. The van der Waals surface area contributed by atoms with Crippen LogP contribution in [0.2, 0.25) is 0 Å². The maximum absolute atomic E-state index is 5.35. The van der Waals surface area contributed by atoms with Crippen molar-refractivity contribution in [1.29, 1.82) is 0 Å². The van der Waals surface area contributed by atoms with E-state index in [9.17, 15) is 0 Å². The van der Waals surface area contributed by atoms with Gasteiger partial charge in [-0.15, -0.1) is 0 Å². The predicted octanol–water partition coefficient (Wildman–Crippen LogP) is 1.37. The van der Waals surface area contributed by atoms with Crippen molar-refractivity contribution in [1.82, 2.24) is 14.3 Å². The Labute approximate surface area is 106 Å². The summed E-state index contributed by atoms with van der Waals surface area (Å²) in [5.41, 5.74) is 0.00329. The van der Waals surface area contributed by atoms with Crippen LogP contribution in [0.1, 0.15) is 19.7 Å². The average molecular weight is 256 g/mol. The SMILES string of the molecule is Cc1nsc(NC(C)(C)CN2CCOCC2)n1. The molecule has 1 aliphatic rings. The molecule has 0 atom stereocenters. The summed E-state index contributed by atoms with van der Waals surface area (Å²) in [6.45, 7) is 11.0. The molecule has 2 heterocycles. The quantitative estimate of drug-likeness (QED) is 0.881. The van der Waals surface area contributed by atoms with Crippen molar-refractivity contribution < 1.29 is 4.74 Å². The summed E-state index contributed by atoms with van der Waals surface area (Å²) in [6.07, 6.45) is 0. The molecular formula is C11H20N4OS. The van der Waals surface area contributed by atoms with Gasteiger partial charge in [0.15, 0.2) is 0 Å². The van der Waals surface area contributed by atoms with Gasteiger partial charge in [0.05, 0.1) is 13.2 Å². The van der Waals surface area contributed by atoms with Crippen LogP contribution in [0.4, 0.5) is 5.13 Å². The molecule has 0 aliphatic carbocycles. The second-order valence-electron chi connectivity index (χ2n) is 5.04. The molecule has 0 saturated carbocycles. The first kappa shape index (κ1) is 12.7. The number of morpholine rings is 1. The number of hydrogen-bond acceptors (Lipinski definition) is 6. The van der Waals surface area contributed by atoms with Gasteiger partial charge >= 0.3 is 0 Å². The summed E-state index contributed by atoms with van der Waals surface area (Å²) >= 11 is 1.42. The zero-order valence-electron chi connectivity index (χ0n) is 10.7. The molecule has 17 heavy (non-hydrogen) atoms. The van der Waals surface area contributed by atoms with E-state index in [1.807, 2.05) is 6.92 Å². The van der Waals surface area contributed by atoms with E-state index in [1.54, 1.807) is 0 Å². The number of nitrogens with one attached hydrogen (secondary N) is 1. The van der Waals surface area contributed by atoms with Crippen molar-refractivity contribution in [3.8, 4) is 0 Å². The maximum Gasteiger partial charge on any atom is 0.203 e. The van der Waals surface area contributed by atoms with Crippen molar-refractivity contribution in [3.05, 3.63) is 5.82 Å². The topological polar surface area (TPSA) is 50.3 Å². The molecule has 1 aromatic rings. The number of rotatable bonds is 4. The average Bonchev–Trinajstić information content (AvgIpc) is 2.63. The Hall–Kier alpha value is -0.720. The lowest BCUT2D eigenvalue weighted by Gasteiger charge is -2.35. The standard InChI is InChI=1S/C11H20N4OS/c1-9-12-10(17-14-9)13-11(2,3)8-15-4-6-16-7-5-15/h4-8H2,1-3H3,(H,12,13,14). The fraction of sp³-hybridized carbons (Fsp3) is 0.818. The molecule has 6 heteroatoms. The van der Waals surface area contributed by atoms with Gasteiger partial charge in [-0.3, -0.25) is 4.90 Å². The van der Waals surface area contributed by atoms with Crippen LogP contribution in [0.25, 0.3) is 0 Å². The molecule has 1 aliphatic heterocycles. The van der Waals surface area contributed by atoms with Crippen LogP contribution in [0.15, 0.2) is 0 Å². The lowest BCUT2D eigenvalue weighted by molar-refractivity contribution is 0.0317. The molecule has 1 N–H and O–H groups in total. The first-order valence-electron chi connectivity index (χ1n) is 5.94. The molecule has 0 unspecified atom stereocenters. The van der Waals surface area contributed by atoms with Crippen molar-refractivity contribution in [2.24, 2.45) is 0 Å². The van der Waals surface area contributed by atoms with Crippen LogP contribution in [-0.4, -0.2) is 52.6 Å². The zero-order valence-corrected chi connectivity index (χ0v) is 11.5. The Balaban J connectivity index is 1.88. The molecule has 0 radical (unpaired) electrons. The highest BCUT2D eigenvalue weighted by atomic mass is 32.1. The fourth-order valence-electron chi connectivity index (χ4n) is 2.00. The van der Waals surface area contributed by atoms with E-state index >= 15 is 0 Å². The highest BCUT2D eigenvalue weighted by Gasteiger charge is 2.24. The van der Waals surface area contributed by atoms with Crippen LogP contribution >= 0.6 is 11.5 Å². The minimum atomic E-state index is 0.00329. The summed E-state index contributed by atoms with van der Waals surface area (Å²) in [7, 11) is 0. The molecule has 0 bridgehead atoms. The van der Waals surface area contributed by atoms with E-state index < -0.39 is 0 Å². The minimum absolute atomic E-state index is 0.00329. The van der Waals surface area contributed by atoms with Gasteiger partial charge in [-0.1, -0.05) is 0 Å². The summed E-state index contributed by atoms with van der Waals surface area (Å²) in [6, 6.07) is 0. The number of aromatic nitrogens is 2. The molecule has 5 nitrogen and oxygen atoms in total. The highest BCUT2D eigenvalue weighted by molar-refractivity contribution is 7.09. The van der Waals surface area contributed by atoms with Crippen molar-refractivity contribution in [2.45, 2.75) is 26.3 Å². The Morgan fingerprint density at radius 3 is 2.71 bits per heavy atom. The second kappa shape index (κ2) is 5.29. The largest absolute Gasteiger partial charge is 0.379 e. The van der Waals surface area contributed by atoms with Crippen molar-refractivity contribution >= 4 is 16.7 Å². The molecule has 0 spiro atoms. The highest BCUT2D eigenvalue weighted by Crippen LogP contribution is 2.18. The molecular weight excluding hydrogens is 236 g/mol. The number of hydrogen-bond donors (Lipinski definition) is 1. The maximum atomic E-state index is 5.35. The Bertz CT molecular complexity index is 360. The first-order chi connectivity index (χ1) is 8.05. The molecule has 0 aromatic carbocycles. The van der Waals surface area contributed by atoms with Crippen LogP contribution in [0.3, 0.4) is 0 Å². The van der Waals surface area contributed by atoms with Gasteiger partial charge < -0.3 is 10.1 Å². The second-order valence-corrected chi connectivity index (χ2v) is 5.80. The van der Waals surface area contributed by atoms with Crippen LogP contribution in [0.5, 0.6) is 0 Å². The summed E-state index contributed by atoms with van der Waals surface area (Å²) in [4.78, 5) is 6.76. The molecule has 0 amide bonds. The molecule has 2 rings (SSSR count). The van der Waals surface area contributed by atoms with Gasteiger partial charge in [-0.25, -0.2) is 4.98 Å². The van der Waals surface area contributed by atoms with Crippen molar-refractivity contribution in [2.75, 3.05) is 38.2 Å². The molecule has 1 saturated heterocycles. The van der Waals surface area contributed by atoms with Gasteiger partial charge in [-0.2, -0.15) is 4.37 Å². The van der Waals surface area contributed by atoms with Gasteiger partial charge in [0.1, 0.15) is 5.82 Å². The third-order valence-corrected chi connectivity index (χ3v) is 3.42. The van der Waals surface area contributed by atoms with E-state index in [0.717, 1.165) is 43.8 Å². The van der Waals surface area contributed by atoms with Crippen LogP contribution in [-0.2, 0) is 4.74 Å². The molecule has 1 aromatic heterocycles. The van der Waals surface area contributed by atoms with Gasteiger partial charge in [-0.05, 0) is 20.8 Å². The third kappa shape index (κ3) is 3.90. The number of aryl methyl sites for hydroxylation is 1. The van der Waals surface area contributed by atoms with Gasteiger partial charge in [0.25, 0.3) is 0 Å². The van der Waals surface area contributed by atoms with E-state index in [-0.39, 0.29) is 5.54 Å². The predicted molar refractivity (Wildman–Crippen MR) is 69.6 cm³/mol. The van der Waals surface area contributed by atoms with E-state index in [2.05, 4.69) is 33.4 Å². The van der Waals surface area contributed by atoms with Crippen LogP contribution in [0, 0.1) is 6.92 Å². The Morgan fingerprint density at radius 2 is 2.12 bits per heavy atom. The van der Waals surface area contributed by atoms with E-state index in [4.69, 9.17) is 4.74 Å². The monoisotopic (exact) mass is 256 g/mol. The minimum Gasteiger partial charge on any atom is -0.379 e. The lowest BCUT2D eigenvalue weighted by atomic mass is 10.1. The van der Waals surface area contributed by atoms with Gasteiger partial charge in [0.2, 0.25) is 5.13 Å².